The normalized spacial score (nSPS) is 11.9. The maximum atomic E-state index is 13.3. The summed E-state index contributed by atoms with van der Waals surface area (Å²) in [6.45, 7) is 5.89. The van der Waals surface area contributed by atoms with Gasteiger partial charge >= 0.3 is 0 Å². The quantitative estimate of drug-likeness (QED) is 0.141. The van der Waals surface area contributed by atoms with E-state index in [0.717, 1.165) is 16.1 Å². The zero-order valence-electron chi connectivity index (χ0n) is 22.9. The van der Waals surface area contributed by atoms with Crippen LogP contribution in [0, 0.1) is 13.8 Å². The van der Waals surface area contributed by atoms with E-state index in [1.54, 1.807) is 66.7 Å². The molecule has 0 radical (unpaired) electrons. The lowest BCUT2D eigenvalue weighted by atomic mass is 10.1. The number of halogens is 1. The minimum atomic E-state index is -0.504. The molecule has 0 spiro atoms. The first kappa shape index (κ1) is 29.6. The number of amides is 3. The van der Waals surface area contributed by atoms with Crippen LogP contribution < -0.4 is 16.0 Å². The van der Waals surface area contributed by atoms with Gasteiger partial charge in [-0.25, -0.2) is 0 Å². The first-order chi connectivity index (χ1) is 19.7. The van der Waals surface area contributed by atoms with E-state index < -0.39 is 11.8 Å². The first-order valence-corrected chi connectivity index (χ1v) is 14.2. The molecule has 1 atom stereocenters. The molecule has 0 aliphatic carbocycles. The Bertz CT molecular complexity index is 1590. The number of anilines is 2. The molecule has 41 heavy (non-hydrogen) atoms. The fourth-order valence-electron chi connectivity index (χ4n) is 3.83. The van der Waals surface area contributed by atoms with Gasteiger partial charge in [0, 0.05) is 26.9 Å². The SMILES string of the molecule is Cc1ccc(NC(=O)C(C)Sc2ccc(NC(=O)/C(=C/c3ccccc3Cl)NC(=O)c3ccccc3)cc2)cc1C. The van der Waals surface area contributed by atoms with Crippen LogP contribution in [-0.2, 0) is 9.59 Å². The van der Waals surface area contributed by atoms with Gasteiger partial charge in [0.2, 0.25) is 5.91 Å². The van der Waals surface area contributed by atoms with Crippen molar-refractivity contribution in [1.82, 2.24) is 5.32 Å². The predicted octanol–water partition coefficient (Wildman–Crippen LogP) is 7.49. The smallest absolute Gasteiger partial charge is 0.272 e. The third-order valence-electron chi connectivity index (χ3n) is 6.30. The van der Waals surface area contributed by atoms with E-state index in [1.165, 1.54) is 17.3 Å². The summed E-state index contributed by atoms with van der Waals surface area (Å²) in [6, 6.07) is 28.7. The largest absolute Gasteiger partial charge is 0.325 e. The van der Waals surface area contributed by atoms with Crippen molar-refractivity contribution in [3.8, 4) is 0 Å². The molecule has 0 aromatic heterocycles. The van der Waals surface area contributed by atoms with Crippen molar-refractivity contribution >= 4 is 58.5 Å². The van der Waals surface area contributed by atoms with E-state index in [4.69, 9.17) is 11.6 Å². The Kier molecular flexibility index (Phi) is 10.0. The number of hydrogen-bond acceptors (Lipinski definition) is 4. The molecule has 0 fully saturated rings. The Morgan fingerprint density at radius 3 is 2.12 bits per heavy atom. The topological polar surface area (TPSA) is 87.3 Å². The zero-order valence-corrected chi connectivity index (χ0v) is 24.5. The Hall–Kier alpha value is -4.33. The Balaban J connectivity index is 1.43. The Morgan fingerprint density at radius 1 is 0.780 bits per heavy atom. The summed E-state index contributed by atoms with van der Waals surface area (Å²) in [6.07, 6.45) is 1.54. The molecule has 0 saturated heterocycles. The molecule has 0 saturated carbocycles. The van der Waals surface area contributed by atoms with E-state index in [0.29, 0.717) is 21.8 Å². The summed E-state index contributed by atoms with van der Waals surface area (Å²) in [5, 5.41) is 8.61. The molecule has 0 bridgehead atoms. The molecule has 0 aliphatic heterocycles. The van der Waals surface area contributed by atoms with Crippen LogP contribution in [0.25, 0.3) is 6.08 Å². The van der Waals surface area contributed by atoms with Gasteiger partial charge in [-0.05, 0) is 98.1 Å². The fourth-order valence-corrected chi connectivity index (χ4v) is 4.88. The highest BCUT2D eigenvalue weighted by atomic mass is 35.5. The Labute approximate surface area is 249 Å². The molecule has 1 unspecified atom stereocenters. The number of nitrogens with one attached hydrogen (secondary N) is 3. The third-order valence-corrected chi connectivity index (χ3v) is 7.76. The molecule has 0 aliphatic rings. The predicted molar refractivity (Wildman–Crippen MR) is 168 cm³/mol. The molecule has 3 N–H and O–H groups in total. The van der Waals surface area contributed by atoms with Crippen molar-refractivity contribution < 1.29 is 14.4 Å². The van der Waals surface area contributed by atoms with E-state index >= 15 is 0 Å². The van der Waals surface area contributed by atoms with Crippen molar-refractivity contribution in [1.29, 1.82) is 0 Å². The Morgan fingerprint density at radius 2 is 1.44 bits per heavy atom. The maximum Gasteiger partial charge on any atom is 0.272 e. The number of carbonyl (C=O) groups is 3. The number of aryl methyl sites for hydroxylation is 2. The number of thioether (sulfide) groups is 1. The minimum absolute atomic E-state index is 0.0436. The second-order valence-corrected chi connectivity index (χ2v) is 11.2. The van der Waals surface area contributed by atoms with Crippen molar-refractivity contribution in [3.63, 3.8) is 0 Å². The summed E-state index contributed by atoms with van der Waals surface area (Å²) in [5.41, 5.74) is 4.64. The highest BCUT2D eigenvalue weighted by molar-refractivity contribution is 8.00. The second-order valence-electron chi connectivity index (χ2n) is 9.43. The zero-order chi connectivity index (χ0) is 29.4. The molecule has 0 heterocycles. The summed E-state index contributed by atoms with van der Waals surface area (Å²) < 4.78 is 0. The van der Waals surface area contributed by atoms with Gasteiger partial charge in [0.05, 0.1) is 5.25 Å². The molecule has 4 aromatic rings. The third kappa shape index (κ3) is 8.33. The molecule has 8 heteroatoms. The van der Waals surface area contributed by atoms with Crippen LogP contribution >= 0.6 is 23.4 Å². The molecule has 6 nitrogen and oxygen atoms in total. The van der Waals surface area contributed by atoms with Gasteiger partial charge in [0.15, 0.2) is 0 Å². The van der Waals surface area contributed by atoms with Crippen LogP contribution in [0.4, 0.5) is 11.4 Å². The van der Waals surface area contributed by atoms with Crippen LogP contribution in [0.2, 0.25) is 5.02 Å². The molecule has 4 aromatic carbocycles. The molecular formula is C33H30ClN3O3S. The van der Waals surface area contributed by atoms with Crippen molar-refractivity contribution in [2.24, 2.45) is 0 Å². The van der Waals surface area contributed by atoms with E-state index in [-0.39, 0.29) is 16.9 Å². The lowest BCUT2D eigenvalue weighted by Gasteiger charge is -2.14. The highest BCUT2D eigenvalue weighted by Gasteiger charge is 2.17. The molecular weight excluding hydrogens is 554 g/mol. The van der Waals surface area contributed by atoms with E-state index in [2.05, 4.69) is 16.0 Å². The number of hydrogen-bond donors (Lipinski definition) is 3. The second kappa shape index (κ2) is 13.8. The van der Waals surface area contributed by atoms with Gasteiger partial charge in [0.1, 0.15) is 5.70 Å². The summed E-state index contributed by atoms with van der Waals surface area (Å²) in [7, 11) is 0. The lowest BCUT2D eigenvalue weighted by molar-refractivity contribution is -0.115. The highest BCUT2D eigenvalue weighted by Crippen LogP contribution is 2.26. The van der Waals surface area contributed by atoms with Gasteiger partial charge in [-0.3, -0.25) is 14.4 Å². The molecule has 3 amide bonds. The van der Waals surface area contributed by atoms with Gasteiger partial charge in [-0.1, -0.05) is 54.1 Å². The van der Waals surface area contributed by atoms with Crippen LogP contribution in [0.5, 0.6) is 0 Å². The number of carbonyl (C=O) groups excluding carboxylic acids is 3. The van der Waals surface area contributed by atoms with Gasteiger partial charge in [-0.15, -0.1) is 11.8 Å². The molecule has 4 rings (SSSR count). The maximum absolute atomic E-state index is 13.3. The van der Waals surface area contributed by atoms with Gasteiger partial charge in [-0.2, -0.15) is 0 Å². The molecule has 208 valence electrons. The summed E-state index contributed by atoms with van der Waals surface area (Å²) in [4.78, 5) is 39.7. The van der Waals surface area contributed by atoms with Crippen molar-refractivity contribution in [2.45, 2.75) is 30.9 Å². The summed E-state index contributed by atoms with van der Waals surface area (Å²) >= 11 is 7.72. The monoisotopic (exact) mass is 583 g/mol. The van der Waals surface area contributed by atoms with Crippen LogP contribution in [0.3, 0.4) is 0 Å². The lowest BCUT2D eigenvalue weighted by Crippen LogP contribution is -2.30. The standard InChI is InChI=1S/C33H30ClN3O3S/c1-21-13-14-27(19-22(21)2)36-31(38)23(3)41-28-17-15-26(16-18-28)35-33(40)30(20-25-11-7-8-12-29(25)34)37-32(39)24-9-5-4-6-10-24/h4-20,23H,1-3H3,(H,35,40)(H,36,38)(H,37,39)/b30-20-. The first-order valence-electron chi connectivity index (χ1n) is 13.0. The van der Waals surface area contributed by atoms with Crippen molar-refractivity contribution in [2.75, 3.05) is 10.6 Å². The minimum Gasteiger partial charge on any atom is -0.325 e. The summed E-state index contributed by atoms with van der Waals surface area (Å²) in [5.74, 6) is -1.02. The van der Waals surface area contributed by atoms with E-state index in [9.17, 15) is 14.4 Å². The van der Waals surface area contributed by atoms with Gasteiger partial charge in [0.25, 0.3) is 11.8 Å². The number of rotatable bonds is 9. The average molecular weight is 584 g/mol. The fraction of sp³-hybridized carbons (Fsp3) is 0.121. The van der Waals surface area contributed by atoms with Crippen LogP contribution in [0.1, 0.15) is 34.0 Å². The average Bonchev–Trinajstić information content (AvgIpc) is 2.97. The van der Waals surface area contributed by atoms with Gasteiger partial charge < -0.3 is 16.0 Å². The van der Waals surface area contributed by atoms with Crippen LogP contribution in [-0.4, -0.2) is 23.0 Å². The van der Waals surface area contributed by atoms with Crippen molar-refractivity contribution in [3.05, 3.63) is 130 Å². The number of benzene rings is 4. The van der Waals surface area contributed by atoms with Crippen LogP contribution in [0.15, 0.2) is 108 Å². The van der Waals surface area contributed by atoms with E-state index in [1.807, 2.05) is 57.2 Å².